The number of carbonyl (C=O) groups is 1. The van der Waals surface area contributed by atoms with Crippen LogP contribution < -0.4 is 5.56 Å². The van der Waals surface area contributed by atoms with Crippen molar-refractivity contribution >= 4 is 32.9 Å². The lowest BCUT2D eigenvalue weighted by Gasteiger charge is -2.38. The topological polar surface area (TPSA) is 119 Å². The second-order valence-electron chi connectivity index (χ2n) is 8.21. The van der Waals surface area contributed by atoms with E-state index in [1.165, 1.54) is 23.3 Å². The maximum absolute atomic E-state index is 13.1. The molecular formula is C22H21BrN6O4. The summed E-state index contributed by atoms with van der Waals surface area (Å²) in [5.41, 5.74) is -0.161. The Balaban J connectivity index is 1.33. The summed E-state index contributed by atoms with van der Waals surface area (Å²) in [6.45, 7) is 2.46. The van der Waals surface area contributed by atoms with E-state index >= 15 is 0 Å². The summed E-state index contributed by atoms with van der Waals surface area (Å²) in [4.78, 5) is 35.6. The molecule has 4 heterocycles. The van der Waals surface area contributed by atoms with Crippen molar-refractivity contribution in [2.75, 3.05) is 13.1 Å². The van der Waals surface area contributed by atoms with Gasteiger partial charge in [0.25, 0.3) is 11.5 Å². The fourth-order valence-corrected chi connectivity index (χ4v) is 4.31. The lowest BCUT2D eigenvalue weighted by Crippen LogP contribution is -2.49. The van der Waals surface area contributed by atoms with Crippen molar-refractivity contribution in [1.82, 2.24) is 29.2 Å². The fraction of sp³-hybridized carbons (Fsp3) is 0.318. The Morgan fingerprint density at radius 3 is 2.58 bits per heavy atom. The van der Waals surface area contributed by atoms with Crippen molar-refractivity contribution in [3.8, 4) is 5.69 Å². The lowest BCUT2D eigenvalue weighted by molar-refractivity contribution is -0.0304. The average molecular weight is 513 g/mol. The van der Waals surface area contributed by atoms with Gasteiger partial charge in [-0.1, -0.05) is 15.9 Å². The van der Waals surface area contributed by atoms with Crippen LogP contribution in [0.4, 0.5) is 0 Å². The molecule has 0 radical (unpaired) electrons. The van der Waals surface area contributed by atoms with Crippen molar-refractivity contribution < 1.29 is 14.3 Å². The molecule has 0 saturated carbocycles. The van der Waals surface area contributed by atoms with Crippen molar-refractivity contribution in [1.29, 1.82) is 0 Å². The third-order valence-electron chi connectivity index (χ3n) is 5.90. The lowest BCUT2D eigenvalue weighted by atomic mass is 9.91. The minimum absolute atomic E-state index is 0.0850. The largest absolute Gasteiger partial charge is 0.436 e. The molecule has 1 saturated heterocycles. The molecule has 33 heavy (non-hydrogen) atoms. The highest BCUT2D eigenvalue weighted by molar-refractivity contribution is 9.10. The standard InChI is InChI=1S/C22H21BrN6O4/c1-14-24-11-18(33-14)21(31)27-8-6-22(32,7-9-27)12-28-13-25-19-17(20(28)30)10-26-29(19)16-4-2-15(23)3-5-16/h2-5,10-11,13,32H,6-9,12H2,1H3. The zero-order valence-corrected chi connectivity index (χ0v) is 19.4. The first-order chi connectivity index (χ1) is 15.8. The van der Waals surface area contributed by atoms with Gasteiger partial charge >= 0.3 is 0 Å². The van der Waals surface area contributed by atoms with Crippen LogP contribution in [0.5, 0.6) is 0 Å². The van der Waals surface area contributed by atoms with Crippen molar-refractivity contribution in [2.45, 2.75) is 31.9 Å². The van der Waals surface area contributed by atoms with E-state index in [1.807, 2.05) is 24.3 Å². The quantitative estimate of drug-likeness (QED) is 0.445. The molecule has 5 rings (SSSR count). The number of benzene rings is 1. The normalized spacial score (nSPS) is 15.8. The van der Waals surface area contributed by atoms with Gasteiger partial charge in [-0.05, 0) is 37.1 Å². The molecule has 0 aliphatic carbocycles. The third kappa shape index (κ3) is 4.09. The summed E-state index contributed by atoms with van der Waals surface area (Å²) >= 11 is 3.40. The Labute approximate surface area is 196 Å². The van der Waals surface area contributed by atoms with Crippen molar-refractivity contribution in [3.63, 3.8) is 0 Å². The minimum atomic E-state index is -1.13. The molecule has 1 amide bonds. The van der Waals surface area contributed by atoms with Gasteiger partial charge in [-0.3, -0.25) is 14.2 Å². The van der Waals surface area contributed by atoms with Gasteiger partial charge < -0.3 is 14.4 Å². The minimum Gasteiger partial charge on any atom is -0.436 e. The van der Waals surface area contributed by atoms with E-state index in [4.69, 9.17) is 4.42 Å². The predicted molar refractivity (Wildman–Crippen MR) is 122 cm³/mol. The molecule has 0 spiro atoms. The third-order valence-corrected chi connectivity index (χ3v) is 6.43. The van der Waals surface area contributed by atoms with Gasteiger partial charge in [-0.2, -0.15) is 5.10 Å². The van der Waals surface area contributed by atoms with Crippen LogP contribution in [0.15, 0.2) is 56.7 Å². The SMILES string of the molecule is Cc1ncc(C(=O)N2CCC(O)(Cn3cnc4c(cnn4-c4ccc(Br)cc4)c3=O)CC2)o1. The van der Waals surface area contributed by atoms with E-state index in [9.17, 15) is 14.7 Å². The molecule has 170 valence electrons. The highest BCUT2D eigenvalue weighted by Gasteiger charge is 2.35. The van der Waals surface area contributed by atoms with Crippen LogP contribution in [0, 0.1) is 6.92 Å². The van der Waals surface area contributed by atoms with Gasteiger partial charge in [0.1, 0.15) is 11.7 Å². The van der Waals surface area contributed by atoms with Crippen LogP contribution in [0.1, 0.15) is 29.3 Å². The number of rotatable bonds is 4. The number of nitrogens with zero attached hydrogens (tertiary/aromatic N) is 6. The highest BCUT2D eigenvalue weighted by Crippen LogP contribution is 2.25. The number of hydrogen-bond donors (Lipinski definition) is 1. The van der Waals surface area contributed by atoms with Gasteiger partial charge in [-0.25, -0.2) is 14.6 Å². The molecule has 11 heteroatoms. The van der Waals surface area contributed by atoms with Gasteiger partial charge in [0, 0.05) is 24.5 Å². The highest BCUT2D eigenvalue weighted by atomic mass is 79.9. The van der Waals surface area contributed by atoms with E-state index in [-0.39, 0.29) is 23.8 Å². The van der Waals surface area contributed by atoms with Crippen LogP contribution in [-0.2, 0) is 6.54 Å². The van der Waals surface area contributed by atoms with Crippen LogP contribution in [0.2, 0.25) is 0 Å². The van der Waals surface area contributed by atoms with Gasteiger partial charge in [0.05, 0.1) is 30.2 Å². The second-order valence-corrected chi connectivity index (χ2v) is 9.12. The van der Waals surface area contributed by atoms with Gasteiger partial charge in [0.2, 0.25) is 5.76 Å². The number of halogens is 1. The Bertz CT molecular complexity index is 1380. The first-order valence-corrected chi connectivity index (χ1v) is 11.3. The molecule has 10 nitrogen and oxygen atoms in total. The number of amides is 1. The molecule has 3 aromatic heterocycles. The smallest absolute Gasteiger partial charge is 0.291 e. The number of aryl methyl sites for hydroxylation is 1. The van der Waals surface area contributed by atoms with E-state index < -0.39 is 5.60 Å². The summed E-state index contributed by atoms with van der Waals surface area (Å²) in [6.07, 6.45) is 5.00. The Morgan fingerprint density at radius 2 is 1.91 bits per heavy atom. The summed E-state index contributed by atoms with van der Waals surface area (Å²) in [5, 5.41) is 15.8. The molecule has 1 fully saturated rings. The van der Waals surface area contributed by atoms with Gasteiger partial charge in [0.15, 0.2) is 11.5 Å². The first kappa shape index (κ1) is 21.5. The zero-order valence-electron chi connectivity index (χ0n) is 17.8. The first-order valence-electron chi connectivity index (χ1n) is 10.5. The van der Waals surface area contributed by atoms with E-state index in [0.29, 0.717) is 42.9 Å². The monoisotopic (exact) mass is 512 g/mol. The molecule has 1 aliphatic heterocycles. The summed E-state index contributed by atoms with van der Waals surface area (Å²) in [5.74, 6) is 0.363. The number of aliphatic hydroxyl groups is 1. The maximum Gasteiger partial charge on any atom is 0.291 e. The zero-order chi connectivity index (χ0) is 23.2. The number of piperidine rings is 1. The number of fused-ring (bicyclic) bond motifs is 1. The number of likely N-dealkylation sites (tertiary alicyclic amines) is 1. The molecule has 1 aromatic carbocycles. The average Bonchev–Trinajstić information content (AvgIpc) is 3.43. The molecular weight excluding hydrogens is 492 g/mol. The molecule has 1 aliphatic rings. The number of hydrogen-bond acceptors (Lipinski definition) is 7. The van der Waals surface area contributed by atoms with Crippen LogP contribution in [0.3, 0.4) is 0 Å². The van der Waals surface area contributed by atoms with E-state index in [2.05, 4.69) is 31.0 Å². The summed E-state index contributed by atoms with van der Waals surface area (Å²) < 4.78 is 9.27. The van der Waals surface area contributed by atoms with E-state index in [1.54, 1.807) is 16.5 Å². The molecule has 0 bridgehead atoms. The Morgan fingerprint density at radius 1 is 1.18 bits per heavy atom. The molecule has 0 unspecified atom stereocenters. The molecule has 0 atom stereocenters. The fourth-order valence-electron chi connectivity index (χ4n) is 4.05. The van der Waals surface area contributed by atoms with Crippen molar-refractivity contribution in [2.24, 2.45) is 0 Å². The summed E-state index contributed by atoms with van der Waals surface area (Å²) in [6, 6.07) is 7.53. The summed E-state index contributed by atoms with van der Waals surface area (Å²) in [7, 11) is 0. The van der Waals surface area contributed by atoms with Crippen molar-refractivity contribution in [3.05, 3.63) is 69.5 Å². The van der Waals surface area contributed by atoms with Crippen LogP contribution in [0.25, 0.3) is 16.7 Å². The second kappa shape index (κ2) is 8.23. The number of aromatic nitrogens is 5. The predicted octanol–water partition coefficient (Wildman–Crippen LogP) is 2.31. The number of carbonyl (C=O) groups excluding carboxylic acids is 1. The van der Waals surface area contributed by atoms with Crippen LogP contribution >= 0.6 is 15.9 Å². The maximum atomic E-state index is 13.1. The number of oxazole rings is 1. The van der Waals surface area contributed by atoms with Crippen LogP contribution in [-0.4, -0.2) is 58.9 Å². The molecule has 4 aromatic rings. The molecule has 1 N–H and O–H groups in total. The van der Waals surface area contributed by atoms with Gasteiger partial charge in [-0.15, -0.1) is 0 Å². The Hall–Kier alpha value is -3.31. The Kier molecular flexibility index (Phi) is 5.37. The van der Waals surface area contributed by atoms with E-state index in [0.717, 1.165) is 10.2 Å².